The summed E-state index contributed by atoms with van der Waals surface area (Å²) in [5.41, 5.74) is 2.39. The van der Waals surface area contributed by atoms with Crippen LogP contribution in [0.2, 0.25) is 0 Å². The van der Waals surface area contributed by atoms with E-state index in [-0.39, 0.29) is 0 Å². The molecule has 0 amide bonds. The lowest BCUT2D eigenvalue weighted by Crippen LogP contribution is -2.19. The van der Waals surface area contributed by atoms with Crippen molar-refractivity contribution in [1.29, 1.82) is 0 Å². The van der Waals surface area contributed by atoms with Crippen LogP contribution in [-0.4, -0.2) is 41.7 Å². The van der Waals surface area contributed by atoms with Gasteiger partial charge in [-0.2, -0.15) is 0 Å². The molecule has 0 aromatic carbocycles. The fourth-order valence-electron chi connectivity index (χ4n) is 2.71. The molecule has 1 aliphatic heterocycles. The van der Waals surface area contributed by atoms with Gasteiger partial charge in [-0.25, -0.2) is 4.98 Å². The molecule has 0 atom stereocenters. The molecule has 0 fully saturated rings. The Balaban J connectivity index is 2.09. The molecule has 3 heterocycles. The molecule has 0 radical (unpaired) electrons. The third-order valence-electron chi connectivity index (χ3n) is 3.70. The number of rotatable bonds is 3. The van der Waals surface area contributed by atoms with Crippen molar-refractivity contribution < 1.29 is 4.74 Å². The highest BCUT2D eigenvalue weighted by Crippen LogP contribution is 2.34. The Hall–Kier alpha value is -1.55. The zero-order valence-corrected chi connectivity index (χ0v) is 11.7. The van der Waals surface area contributed by atoms with E-state index in [0.29, 0.717) is 0 Å². The third-order valence-corrected chi connectivity index (χ3v) is 3.70. The first-order valence-electron chi connectivity index (χ1n) is 7.01. The zero-order chi connectivity index (χ0) is 13.2. The van der Waals surface area contributed by atoms with E-state index < -0.39 is 0 Å². The van der Waals surface area contributed by atoms with Crippen LogP contribution in [0.1, 0.15) is 18.5 Å². The van der Waals surface area contributed by atoms with Crippen LogP contribution in [0, 0.1) is 0 Å². The van der Waals surface area contributed by atoms with Crippen LogP contribution in [0.5, 0.6) is 5.75 Å². The molecular formula is C15H21N3O. The fourth-order valence-corrected chi connectivity index (χ4v) is 2.71. The predicted molar refractivity (Wildman–Crippen MR) is 76.7 cm³/mol. The topological polar surface area (TPSA) is 30.3 Å². The van der Waals surface area contributed by atoms with E-state index in [4.69, 9.17) is 4.74 Å². The lowest BCUT2D eigenvalue weighted by molar-refractivity contribution is 0.319. The number of hydrogen-bond donors (Lipinski definition) is 0. The van der Waals surface area contributed by atoms with E-state index in [0.717, 1.165) is 49.3 Å². The van der Waals surface area contributed by atoms with Crippen LogP contribution in [0.25, 0.3) is 11.0 Å². The molecule has 0 aliphatic carbocycles. The number of ether oxygens (including phenoxy) is 1. The summed E-state index contributed by atoms with van der Waals surface area (Å²) in [7, 11) is 4.21. The SMILES string of the molecule is CN(C)CCn1c2c(c3cccnc31)OCCCC2. The van der Waals surface area contributed by atoms with Gasteiger partial charge < -0.3 is 14.2 Å². The number of likely N-dealkylation sites (N-methyl/N-ethyl adjacent to an activating group) is 1. The van der Waals surface area contributed by atoms with Crippen molar-refractivity contribution >= 4 is 11.0 Å². The first kappa shape index (κ1) is 12.5. The summed E-state index contributed by atoms with van der Waals surface area (Å²) in [6.07, 6.45) is 5.31. The summed E-state index contributed by atoms with van der Waals surface area (Å²) in [5.74, 6) is 1.07. The molecule has 4 heteroatoms. The average Bonchev–Trinajstić information content (AvgIpc) is 2.56. The van der Waals surface area contributed by atoms with Crippen LogP contribution >= 0.6 is 0 Å². The maximum absolute atomic E-state index is 5.97. The van der Waals surface area contributed by atoms with Crippen LogP contribution in [0.3, 0.4) is 0 Å². The normalized spacial score (nSPS) is 15.3. The van der Waals surface area contributed by atoms with Gasteiger partial charge in [0.05, 0.1) is 17.7 Å². The second kappa shape index (κ2) is 5.21. The molecule has 0 bridgehead atoms. The van der Waals surface area contributed by atoms with Crippen LogP contribution in [-0.2, 0) is 13.0 Å². The maximum atomic E-state index is 5.97. The molecule has 0 spiro atoms. The molecule has 2 aromatic rings. The van der Waals surface area contributed by atoms with Crippen LogP contribution < -0.4 is 4.74 Å². The molecule has 3 rings (SSSR count). The minimum atomic E-state index is 0.828. The molecule has 0 saturated heterocycles. The van der Waals surface area contributed by atoms with Gasteiger partial charge >= 0.3 is 0 Å². The van der Waals surface area contributed by atoms with E-state index in [2.05, 4.69) is 34.6 Å². The smallest absolute Gasteiger partial charge is 0.149 e. The molecule has 0 N–H and O–H groups in total. The molecule has 1 aliphatic rings. The van der Waals surface area contributed by atoms with Gasteiger partial charge in [0, 0.05) is 19.3 Å². The Morgan fingerprint density at radius 1 is 1.37 bits per heavy atom. The number of nitrogens with zero attached hydrogens (tertiary/aromatic N) is 3. The van der Waals surface area contributed by atoms with Crippen LogP contribution in [0.15, 0.2) is 18.3 Å². The van der Waals surface area contributed by atoms with E-state index in [9.17, 15) is 0 Å². The molecule has 2 aromatic heterocycles. The summed E-state index contributed by atoms with van der Waals surface area (Å²) in [6.45, 7) is 2.82. The van der Waals surface area contributed by atoms with Gasteiger partial charge in [-0.05, 0) is 45.5 Å². The quantitative estimate of drug-likeness (QED) is 0.847. The van der Waals surface area contributed by atoms with Crippen LogP contribution in [0.4, 0.5) is 0 Å². The monoisotopic (exact) mass is 259 g/mol. The molecule has 0 saturated carbocycles. The van der Waals surface area contributed by atoms with Crippen molar-refractivity contribution in [2.75, 3.05) is 27.2 Å². The molecule has 102 valence electrons. The Labute approximate surface area is 114 Å². The van der Waals surface area contributed by atoms with Crippen molar-refractivity contribution in [1.82, 2.24) is 14.5 Å². The first-order valence-corrected chi connectivity index (χ1v) is 7.01. The molecular weight excluding hydrogens is 238 g/mol. The summed E-state index contributed by atoms with van der Waals surface area (Å²) < 4.78 is 8.32. The number of pyridine rings is 1. The van der Waals surface area contributed by atoms with E-state index >= 15 is 0 Å². The standard InChI is InChI=1S/C15H21N3O/c1-17(2)9-10-18-13-7-3-4-11-19-14(13)12-6-5-8-16-15(12)18/h5-6,8H,3-4,7,9-11H2,1-2H3. The minimum Gasteiger partial charge on any atom is -0.491 e. The van der Waals surface area contributed by atoms with Crippen molar-refractivity contribution in [3.8, 4) is 5.75 Å². The first-order chi connectivity index (χ1) is 9.27. The van der Waals surface area contributed by atoms with Gasteiger partial charge in [0.2, 0.25) is 0 Å². The van der Waals surface area contributed by atoms with E-state index in [1.165, 1.54) is 12.1 Å². The fraction of sp³-hybridized carbons (Fsp3) is 0.533. The predicted octanol–water partition coefficient (Wildman–Crippen LogP) is 2.31. The van der Waals surface area contributed by atoms with Crippen molar-refractivity contribution in [3.63, 3.8) is 0 Å². The molecule has 0 unspecified atom stereocenters. The Kier molecular flexibility index (Phi) is 3.42. The van der Waals surface area contributed by atoms with Crippen molar-refractivity contribution in [2.45, 2.75) is 25.8 Å². The third kappa shape index (κ3) is 2.32. The lowest BCUT2D eigenvalue weighted by Gasteiger charge is -2.13. The van der Waals surface area contributed by atoms with Crippen molar-refractivity contribution in [2.24, 2.45) is 0 Å². The lowest BCUT2D eigenvalue weighted by atomic mass is 10.2. The maximum Gasteiger partial charge on any atom is 0.149 e. The molecule has 19 heavy (non-hydrogen) atoms. The summed E-state index contributed by atoms with van der Waals surface area (Å²) in [5, 5.41) is 1.16. The van der Waals surface area contributed by atoms with Gasteiger partial charge in [-0.1, -0.05) is 0 Å². The summed E-state index contributed by atoms with van der Waals surface area (Å²) >= 11 is 0. The zero-order valence-electron chi connectivity index (χ0n) is 11.7. The van der Waals surface area contributed by atoms with Crippen molar-refractivity contribution in [3.05, 3.63) is 24.0 Å². The van der Waals surface area contributed by atoms with Gasteiger partial charge in [0.25, 0.3) is 0 Å². The summed E-state index contributed by atoms with van der Waals surface area (Å²) in [6, 6.07) is 4.12. The van der Waals surface area contributed by atoms with Gasteiger partial charge in [-0.3, -0.25) is 0 Å². The number of aromatic nitrogens is 2. The highest BCUT2D eigenvalue weighted by Gasteiger charge is 2.20. The largest absolute Gasteiger partial charge is 0.491 e. The second-order valence-corrected chi connectivity index (χ2v) is 5.41. The Morgan fingerprint density at radius 2 is 2.26 bits per heavy atom. The van der Waals surface area contributed by atoms with E-state index in [1.54, 1.807) is 0 Å². The molecule has 4 nitrogen and oxygen atoms in total. The second-order valence-electron chi connectivity index (χ2n) is 5.41. The van der Waals surface area contributed by atoms with Gasteiger partial charge in [0.15, 0.2) is 0 Å². The average molecular weight is 259 g/mol. The van der Waals surface area contributed by atoms with E-state index in [1.807, 2.05) is 12.3 Å². The highest BCUT2D eigenvalue weighted by atomic mass is 16.5. The Morgan fingerprint density at radius 3 is 3.11 bits per heavy atom. The van der Waals surface area contributed by atoms with Gasteiger partial charge in [0.1, 0.15) is 11.4 Å². The Bertz CT molecular complexity index is 574. The number of hydrogen-bond acceptors (Lipinski definition) is 3. The summed E-state index contributed by atoms with van der Waals surface area (Å²) in [4.78, 5) is 6.77. The van der Waals surface area contributed by atoms with Gasteiger partial charge in [-0.15, -0.1) is 0 Å². The highest BCUT2D eigenvalue weighted by molar-refractivity contribution is 5.85. The minimum absolute atomic E-state index is 0.828. The number of fused-ring (bicyclic) bond motifs is 3.